The fourth-order valence-corrected chi connectivity index (χ4v) is 2.26. The number of terminal acetylenes is 1. The van der Waals surface area contributed by atoms with E-state index in [0.29, 0.717) is 0 Å². The largest absolute Gasteiger partial charge is 0.295 e. The molecule has 2 rings (SSSR count). The lowest BCUT2D eigenvalue weighted by atomic mass is 9.99. The Hall–Kier alpha value is -2.04. The van der Waals surface area contributed by atoms with Gasteiger partial charge in [-0.25, -0.2) is 0 Å². The van der Waals surface area contributed by atoms with E-state index in [1.165, 1.54) is 16.7 Å². The van der Waals surface area contributed by atoms with Gasteiger partial charge in [-0.15, -0.1) is 6.42 Å². The summed E-state index contributed by atoms with van der Waals surface area (Å²) in [6, 6.07) is 19.3. The first-order chi connectivity index (χ1) is 9.52. The highest BCUT2D eigenvalue weighted by atomic mass is 15.0. The van der Waals surface area contributed by atoms with E-state index in [9.17, 15) is 0 Å². The van der Waals surface area contributed by atoms with Crippen molar-refractivity contribution in [2.45, 2.75) is 32.4 Å². The molecular formula is C19H21N. The molecule has 0 fully saturated rings. The Morgan fingerprint density at radius 1 is 0.950 bits per heavy atom. The highest BCUT2D eigenvalue weighted by Gasteiger charge is 2.17. The number of benzene rings is 2. The van der Waals surface area contributed by atoms with Crippen molar-refractivity contribution in [2.24, 2.45) is 0 Å². The van der Waals surface area contributed by atoms with Gasteiger partial charge < -0.3 is 0 Å². The number of rotatable bonds is 4. The molecule has 0 heterocycles. The second kappa shape index (κ2) is 5.94. The molecule has 1 atom stereocenters. The fraction of sp³-hybridized carbons (Fsp3) is 0.263. The molecule has 0 saturated carbocycles. The summed E-state index contributed by atoms with van der Waals surface area (Å²) in [5.74, 6) is 2.77. The third-order valence-electron chi connectivity index (χ3n) is 3.46. The molecule has 2 aromatic rings. The summed E-state index contributed by atoms with van der Waals surface area (Å²) in [6.07, 6.45) is 5.52. The summed E-state index contributed by atoms with van der Waals surface area (Å²) in [4.78, 5) is 0. The molecule has 2 aromatic carbocycles. The number of nitrogens with one attached hydrogen (secondary N) is 1. The highest BCUT2D eigenvalue weighted by molar-refractivity contribution is 5.63. The lowest BCUT2D eigenvalue weighted by Crippen LogP contribution is -2.39. The van der Waals surface area contributed by atoms with Crippen molar-refractivity contribution in [3.8, 4) is 23.5 Å². The predicted octanol–water partition coefficient (Wildman–Crippen LogP) is 4.42. The van der Waals surface area contributed by atoms with Crippen LogP contribution in [0.1, 0.15) is 32.4 Å². The minimum absolute atomic E-state index is 0.228. The molecule has 0 saturated heterocycles. The van der Waals surface area contributed by atoms with Gasteiger partial charge in [0.15, 0.2) is 0 Å². The second-order valence-electron chi connectivity index (χ2n) is 5.62. The Balaban J connectivity index is 2.15. The minimum atomic E-state index is -0.294. The van der Waals surface area contributed by atoms with Crippen LogP contribution in [0.4, 0.5) is 0 Å². The number of hydrogen-bond acceptors (Lipinski definition) is 1. The van der Waals surface area contributed by atoms with Crippen LogP contribution in [0.25, 0.3) is 11.1 Å². The second-order valence-corrected chi connectivity index (χ2v) is 5.62. The van der Waals surface area contributed by atoms with E-state index in [-0.39, 0.29) is 11.6 Å². The smallest absolute Gasteiger partial charge is 0.0745 e. The Kier molecular flexibility index (Phi) is 4.27. The molecular weight excluding hydrogens is 242 g/mol. The summed E-state index contributed by atoms with van der Waals surface area (Å²) in [6.45, 7) is 6.17. The molecule has 1 heteroatoms. The molecule has 1 N–H and O–H groups in total. The summed E-state index contributed by atoms with van der Waals surface area (Å²) in [7, 11) is 0. The first kappa shape index (κ1) is 14.4. The maximum Gasteiger partial charge on any atom is 0.0745 e. The SMILES string of the molecule is C#CC(C)(C)NC(C)c1ccc(-c2ccccc2)cc1. The van der Waals surface area contributed by atoms with Crippen molar-refractivity contribution in [1.82, 2.24) is 5.32 Å². The van der Waals surface area contributed by atoms with E-state index in [0.717, 1.165) is 0 Å². The molecule has 0 aliphatic carbocycles. The van der Waals surface area contributed by atoms with Crippen LogP contribution in [-0.2, 0) is 0 Å². The topological polar surface area (TPSA) is 12.0 Å². The number of hydrogen-bond donors (Lipinski definition) is 1. The standard InChI is InChI=1S/C19H21N/c1-5-19(3,4)20-15(2)16-11-13-18(14-12-16)17-9-7-6-8-10-17/h1,6-15,20H,2-4H3. The van der Waals surface area contributed by atoms with Gasteiger partial charge in [0.05, 0.1) is 5.54 Å². The zero-order chi connectivity index (χ0) is 14.6. The van der Waals surface area contributed by atoms with Gasteiger partial charge in [-0.2, -0.15) is 0 Å². The molecule has 0 bridgehead atoms. The average Bonchev–Trinajstić information content (AvgIpc) is 2.48. The van der Waals surface area contributed by atoms with Gasteiger partial charge in [0.2, 0.25) is 0 Å². The van der Waals surface area contributed by atoms with E-state index >= 15 is 0 Å². The van der Waals surface area contributed by atoms with E-state index < -0.39 is 0 Å². The van der Waals surface area contributed by atoms with Crippen LogP contribution in [0.5, 0.6) is 0 Å². The van der Waals surface area contributed by atoms with Gasteiger partial charge in [-0.3, -0.25) is 5.32 Å². The molecule has 0 amide bonds. The zero-order valence-corrected chi connectivity index (χ0v) is 12.4. The molecule has 1 unspecified atom stereocenters. The van der Waals surface area contributed by atoms with Gasteiger partial charge in [0.1, 0.15) is 0 Å². The van der Waals surface area contributed by atoms with Crippen LogP contribution in [0.15, 0.2) is 54.6 Å². The lowest BCUT2D eigenvalue weighted by molar-refractivity contribution is 0.431. The normalized spacial score (nSPS) is 12.7. The molecule has 1 nitrogen and oxygen atoms in total. The van der Waals surface area contributed by atoms with Crippen molar-refractivity contribution < 1.29 is 0 Å². The summed E-state index contributed by atoms with van der Waals surface area (Å²) in [5, 5.41) is 3.45. The third kappa shape index (κ3) is 3.50. The van der Waals surface area contributed by atoms with Gasteiger partial charge >= 0.3 is 0 Å². The monoisotopic (exact) mass is 263 g/mol. The Labute approximate surface area is 122 Å². The molecule has 0 spiro atoms. The van der Waals surface area contributed by atoms with Gasteiger partial charge in [0.25, 0.3) is 0 Å². The van der Waals surface area contributed by atoms with E-state index in [2.05, 4.69) is 66.7 Å². The summed E-state index contributed by atoms with van der Waals surface area (Å²) < 4.78 is 0. The molecule has 0 aliphatic rings. The van der Waals surface area contributed by atoms with Crippen molar-refractivity contribution in [1.29, 1.82) is 0 Å². The van der Waals surface area contributed by atoms with Gasteiger partial charge in [-0.1, -0.05) is 60.5 Å². The Morgan fingerprint density at radius 3 is 2.05 bits per heavy atom. The summed E-state index contributed by atoms with van der Waals surface area (Å²) >= 11 is 0. The highest BCUT2D eigenvalue weighted by Crippen LogP contribution is 2.22. The van der Waals surface area contributed by atoms with Crippen LogP contribution >= 0.6 is 0 Å². The molecule has 0 aliphatic heterocycles. The fourth-order valence-electron chi connectivity index (χ4n) is 2.26. The molecule has 20 heavy (non-hydrogen) atoms. The van der Waals surface area contributed by atoms with E-state index in [1.54, 1.807) is 0 Å². The van der Waals surface area contributed by atoms with Crippen LogP contribution in [-0.4, -0.2) is 5.54 Å². The first-order valence-corrected chi connectivity index (χ1v) is 6.93. The van der Waals surface area contributed by atoms with Gasteiger partial charge in [-0.05, 0) is 37.5 Å². The van der Waals surface area contributed by atoms with Crippen LogP contribution in [0.3, 0.4) is 0 Å². The first-order valence-electron chi connectivity index (χ1n) is 6.93. The summed E-state index contributed by atoms with van der Waals surface area (Å²) in [5.41, 5.74) is 3.42. The van der Waals surface area contributed by atoms with Crippen molar-refractivity contribution in [3.05, 3.63) is 60.2 Å². The van der Waals surface area contributed by atoms with Crippen molar-refractivity contribution in [2.75, 3.05) is 0 Å². The maximum absolute atomic E-state index is 5.52. The third-order valence-corrected chi connectivity index (χ3v) is 3.46. The van der Waals surface area contributed by atoms with Crippen LogP contribution < -0.4 is 5.32 Å². The van der Waals surface area contributed by atoms with Gasteiger partial charge in [0, 0.05) is 6.04 Å². The quantitative estimate of drug-likeness (QED) is 0.805. The molecule has 102 valence electrons. The zero-order valence-electron chi connectivity index (χ0n) is 12.4. The van der Waals surface area contributed by atoms with E-state index in [1.807, 2.05) is 19.9 Å². The lowest BCUT2D eigenvalue weighted by Gasteiger charge is -2.25. The predicted molar refractivity (Wildman–Crippen MR) is 86.3 cm³/mol. The maximum atomic E-state index is 5.52. The van der Waals surface area contributed by atoms with Crippen molar-refractivity contribution >= 4 is 0 Å². The average molecular weight is 263 g/mol. The Morgan fingerprint density at radius 2 is 1.50 bits per heavy atom. The minimum Gasteiger partial charge on any atom is -0.295 e. The molecule has 0 aromatic heterocycles. The van der Waals surface area contributed by atoms with E-state index in [4.69, 9.17) is 6.42 Å². The van der Waals surface area contributed by atoms with Crippen molar-refractivity contribution in [3.63, 3.8) is 0 Å². The Bertz CT molecular complexity index is 588. The molecule has 0 radical (unpaired) electrons. The van der Waals surface area contributed by atoms with Crippen LogP contribution in [0.2, 0.25) is 0 Å². The van der Waals surface area contributed by atoms with Crippen LogP contribution in [0, 0.1) is 12.3 Å².